The molecular weight excluding hydrogens is 162 g/mol. The van der Waals surface area contributed by atoms with Gasteiger partial charge in [-0.05, 0) is 25.0 Å². The Balaban J connectivity index is 2.25. The van der Waals surface area contributed by atoms with E-state index in [0.717, 1.165) is 18.5 Å². The summed E-state index contributed by atoms with van der Waals surface area (Å²) in [5, 5.41) is 9.70. The first kappa shape index (κ1) is 8.32. The number of allylic oxidation sites excluding steroid dienone is 1. The number of anilines is 1. The number of hydrogen-bond acceptors (Lipinski definition) is 2. The SMILES string of the molecule is OC1CCC=CN1c1ccccc1. The molecular formula is C11H13NO. The van der Waals surface area contributed by atoms with Crippen LogP contribution in [0.4, 0.5) is 5.69 Å². The monoisotopic (exact) mass is 175 g/mol. The van der Waals surface area contributed by atoms with Crippen LogP contribution >= 0.6 is 0 Å². The number of hydrogen-bond donors (Lipinski definition) is 1. The van der Waals surface area contributed by atoms with Gasteiger partial charge in [-0.15, -0.1) is 0 Å². The Morgan fingerprint density at radius 2 is 2.00 bits per heavy atom. The van der Waals surface area contributed by atoms with Crippen molar-refractivity contribution in [1.82, 2.24) is 0 Å². The second-order valence-corrected chi connectivity index (χ2v) is 3.19. The molecule has 68 valence electrons. The number of aliphatic hydroxyl groups excluding tert-OH is 1. The van der Waals surface area contributed by atoms with Crippen molar-refractivity contribution in [3.05, 3.63) is 42.6 Å². The smallest absolute Gasteiger partial charge is 0.131 e. The Labute approximate surface area is 78.1 Å². The zero-order chi connectivity index (χ0) is 9.10. The van der Waals surface area contributed by atoms with Crippen LogP contribution in [0, 0.1) is 0 Å². The number of para-hydroxylation sites is 1. The molecule has 0 spiro atoms. The second-order valence-electron chi connectivity index (χ2n) is 3.19. The molecule has 0 radical (unpaired) electrons. The maximum absolute atomic E-state index is 9.70. The summed E-state index contributed by atoms with van der Waals surface area (Å²) in [5.41, 5.74) is 1.05. The van der Waals surface area contributed by atoms with Gasteiger partial charge in [-0.3, -0.25) is 0 Å². The van der Waals surface area contributed by atoms with Gasteiger partial charge in [0.05, 0.1) is 0 Å². The van der Waals surface area contributed by atoms with Crippen LogP contribution in [0.5, 0.6) is 0 Å². The van der Waals surface area contributed by atoms with Crippen LogP contribution in [0.3, 0.4) is 0 Å². The third kappa shape index (κ3) is 1.73. The molecule has 1 unspecified atom stereocenters. The molecule has 1 heterocycles. The van der Waals surface area contributed by atoms with Crippen LogP contribution in [0.2, 0.25) is 0 Å². The minimum Gasteiger partial charge on any atom is -0.373 e. The number of aliphatic hydroxyl groups is 1. The zero-order valence-corrected chi connectivity index (χ0v) is 7.43. The third-order valence-electron chi connectivity index (χ3n) is 2.23. The van der Waals surface area contributed by atoms with Crippen molar-refractivity contribution in [2.45, 2.75) is 19.1 Å². The normalized spacial score (nSPS) is 21.9. The fraction of sp³-hybridized carbons (Fsp3) is 0.273. The van der Waals surface area contributed by atoms with Crippen LogP contribution in [-0.2, 0) is 0 Å². The molecule has 1 aliphatic heterocycles. The van der Waals surface area contributed by atoms with Gasteiger partial charge < -0.3 is 10.0 Å². The van der Waals surface area contributed by atoms with Crippen molar-refractivity contribution in [2.24, 2.45) is 0 Å². The lowest BCUT2D eigenvalue weighted by molar-refractivity contribution is 0.166. The number of nitrogens with zero attached hydrogens (tertiary/aromatic N) is 1. The van der Waals surface area contributed by atoms with Crippen LogP contribution in [0.25, 0.3) is 0 Å². The summed E-state index contributed by atoms with van der Waals surface area (Å²) in [7, 11) is 0. The van der Waals surface area contributed by atoms with Crippen LogP contribution in [0.1, 0.15) is 12.8 Å². The summed E-state index contributed by atoms with van der Waals surface area (Å²) < 4.78 is 0. The molecule has 2 heteroatoms. The van der Waals surface area contributed by atoms with E-state index in [0.29, 0.717) is 0 Å². The molecule has 1 aliphatic rings. The fourth-order valence-electron chi connectivity index (χ4n) is 1.53. The highest BCUT2D eigenvalue weighted by Gasteiger charge is 2.15. The van der Waals surface area contributed by atoms with Crippen molar-refractivity contribution in [3.63, 3.8) is 0 Å². The topological polar surface area (TPSA) is 23.5 Å². The predicted molar refractivity (Wildman–Crippen MR) is 53.3 cm³/mol. The Bertz CT molecular complexity index is 294. The first-order chi connectivity index (χ1) is 6.38. The second kappa shape index (κ2) is 3.62. The molecule has 0 bridgehead atoms. The van der Waals surface area contributed by atoms with Gasteiger partial charge in [-0.1, -0.05) is 24.3 Å². The largest absolute Gasteiger partial charge is 0.373 e. The van der Waals surface area contributed by atoms with Gasteiger partial charge in [0.2, 0.25) is 0 Å². The molecule has 0 fully saturated rings. The van der Waals surface area contributed by atoms with Gasteiger partial charge in [0.15, 0.2) is 0 Å². The van der Waals surface area contributed by atoms with Crippen LogP contribution in [0.15, 0.2) is 42.6 Å². The summed E-state index contributed by atoms with van der Waals surface area (Å²) >= 11 is 0. The van der Waals surface area contributed by atoms with Crippen LogP contribution < -0.4 is 4.90 Å². The van der Waals surface area contributed by atoms with Gasteiger partial charge in [0, 0.05) is 11.9 Å². The van der Waals surface area contributed by atoms with Gasteiger partial charge >= 0.3 is 0 Å². The van der Waals surface area contributed by atoms with Gasteiger partial charge in [-0.2, -0.15) is 0 Å². The van der Waals surface area contributed by atoms with Crippen molar-refractivity contribution in [2.75, 3.05) is 4.90 Å². The minimum absolute atomic E-state index is 0.368. The van der Waals surface area contributed by atoms with Crippen molar-refractivity contribution >= 4 is 5.69 Å². The van der Waals surface area contributed by atoms with Gasteiger partial charge in [0.1, 0.15) is 6.23 Å². The lowest BCUT2D eigenvalue weighted by Crippen LogP contribution is -2.32. The average molecular weight is 175 g/mol. The highest BCUT2D eigenvalue weighted by atomic mass is 16.3. The maximum atomic E-state index is 9.70. The highest BCUT2D eigenvalue weighted by Crippen LogP contribution is 2.21. The van der Waals surface area contributed by atoms with E-state index in [4.69, 9.17) is 0 Å². The Morgan fingerprint density at radius 1 is 1.23 bits per heavy atom. The van der Waals surface area contributed by atoms with Gasteiger partial charge in [0.25, 0.3) is 0 Å². The molecule has 0 saturated heterocycles. The van der Waals surface area contributed by atoms with E-state index in [9.17, 15) is 5.11 Å². The molecule has 1 aromatic rings. The first-order valence-electron chi connectivity index (χ1n) is 4.56. The maximum Gasteiger partial charge on any atom is 0.131 e. The van der Waals surface area contributed by atoms with Crippen molar-refractivity contribution in [3.8, 4) is 0 Å². The molecule has 0 amide bonds. The number of rotatable bonds is 1. The first-order valence-corrected chi connectivity index (χ1v) is 4.56. The van der Waals surface area contributed by atoms with Gasteiger partial charge in [-0.25, -0.2) is 0 Å². The average Bonchev–Trinajstić information content (AvgIpc) is 2.20. The molecule has 1 aromatic carbocycles. The lowest BCUT2D eigenvalue weighted by atomic mass is 10.2. The van der Waals surface area contributed by atoms with Crippen molar-refractivity contribution < 1.29 is 5.11 Å². The minimum atomic E-state index is -0.368. The standard InChI is InChI=1S/C11H13NO/c13-11-8-4-5-9-12(11)10-6-2-1-3-7-10/h1-3,5-7,9,11,13H,4,8H2. The summed E-state index contributed by atoms with van der Waals surface area (Å²) in [5.74, 6) is 0. The van der Waals surface area contributed by atoms with E-state index in [-0.39, 0.29) is 6.23 Å². The predicted octanol–water partition coefficient (Wildman–Crippen LogP) is 2.12. The summed E-state index contributed by atoms with van der Waals surface area (Å²) in [6.07, 6.45) is 5.44. The Morgan fingerprint density at radius 3 is 2.69 bits per heavy atom. The molecule has 2 nitrogen and oxygen atoms in total. The van der Waals surface area contributed by atoms with Crippen molar-refractivity contribution in [1.29, 1.82) is 0 Å². The summed E-state index contributed by atoms with van der Waals surface area (Å²) in [6.45, 7) is 0. The molecule has 0 aromatic heterocycles. The molecule has 2 rings (SSSR count). The highest BCUT2D eigenvalue weighted by molar-refractivity contribution is 5.49. The molecule has 1 N–H and O–H groups in total. The van der Waals surface area contributed by atoms with E-state index < -0.39 is 0 Å². The molecule has 13 heavy (non-hydrogen) atoms. The summed E-state index contributed by atoms with van der Waals surface area (Å²) in [6, 6.07) is 9.93. The van der Waals surface area contributed by atoms with Crippen LogP contribution in [-0.4, -0.2) is 11.3 Å². The third-order valence-corrected chi connectivity index (χ3v) is 2.23. The Hall–Kier alpha value is -1.28. The lowest BCUT2D eigenvalue weighted by Gasteiger charge is -2.29. The summed E-state index contributed by atoms with van der Waals surface area (Å²) in [4.78, 5) is 1.89. The molecule has 0 aliphatic carbocycles. The van der Waals surface area contributed by atoms with E-state index in [1.165, 1.54) is 0 Å². The van der Waals surface area contributed by atoms with E-state index in [1.54, 1.807) is 0 Å². The molecule has 1 atom stereocenters. The van der Waals surface area contributed by atoms with E-state index in [2.05, 4.69) is 6.08 Å². The quantitative estimate of drug-likeness (QED) is 0.706. The Kier molecular flexibility index (Phi) is 2.32. The van der Waals surface area contributed by atoms with E-state index in [1.807, 2.05) is 41.4 Å². The zero-order valence-electron chi connectivity index (χ0n) is 7.43. The fourth-order valence-corrected chi connectivity index (χ4v) is 1.53. The van der Waals surface area contributed by atoms with E-state index >= 15 is 0 Å². The number of benzene rings is 1. The molecule has 0 saturated carbocycles.